The number of fused-ring (bicyclic) bond motifs is 2. The monoisotopic (exact) mass is 361 g/mol. The lowest BCUT2D eigenvalue weighted by molar-refractivity contribution is -0.118. The van der Waals surface area contributed by atoms with Gasteiger partial charge in [0.05, 0.1) is 22.5 Å². The first-order valence-electron chi connectivity index (χ1n) is 8.67. The van der Waals surface area contributed by atoms with Crippen LogP contribution in [0.4, 0.5) is 11.4 Å². The van der Waals surface area contributed by atoms with Gasteiger partial charge in [-0.05, 0) is 50.6 Å². The van der Waals surface area contributed by atoms with E-state index >= 15 is 0 Å². The van der Waals surface area contributed by atoms with Crippen LogP contribution < -0.4 is 15.4 Å². The minimum absolute atomic E-state index is 0.0309. The third-order valence-corrected chi connectivity index (χ3v) is 4.56. The van der Waals surface area contributed by atoms with Crippen molar-refractivity contribution in [3.05, 3.63) is 58.8 Å². The van der Waals surface area contributed by atoms with Crippen LogP contribution in [-0.4, -0.2) is 23.4 Å². The van der Waals surface area contributed by atoms with Crippen molar-refractivity contribution in [2.75, 3.05) is 17.2 Å². The Morgan fingerprint density at radius 2 is 1.96 bits per heavy atom. The molecule has 27 heavy (non-hydrogen) atoms. The van der Waals surface area contributed by atoms with E-state index in [0.29, 0.717) is 28.4 Å². The highest BCUT2D eigenvalue weighted by molar-refractivity contribution is 6.07. The first-order chi connectivity index (χ1) is 12.9. The average Bonchev–Trinajstić information content (AvgIpc) is 2.62. The first-order valence-corrected chi connectivity index (χ1v) is 8.67. The second kappa shape index (κ2) is 6.39. The predicted molar refractivity (Wildman–Crippen MR) is 104 cm³/mol. The van der Waals surface area contributed by atoms with Gasteiger partial charge >= 0.3 is 0 Å². The molecule has 2 N–H and O–H groups in total. The molecule has 0 saturated carbocycles. The highest BCUT2D eigenvalue weighted by atomic mass is 16.5. The van der Waals surface area contributed by atoms with E-state index in [9.17, 15) is 9.59 Å². The number of ether oxygens (including phenoxy) is 1. The summed E-state index contributed by atoms with van der Waals surface area (Å²) >= 11 is 0. The fourth-order valence-electron chi connectivity index (χ4n) is 3.32. The SMILES string of the molecule is Cc1cc(C)c2nc(C)c(C(=O)Nc3ccc4c(c3)OCC(=O)N4)cc2c1. The molecule has 0 radical (unpaired) electrons. The summed E-state index contributed by atoms with van der Waals surface area (Å²) in [6, 6.07) is 11.1. The third kappa shape index (κ3) is 3.21. The van der Waals surface area contributed by atoms with Crippen molar-refractivity contribution in [2.24, 2.45) is 0 Å². The third-order valence-electron chi connectivity index (χ3n) is 4.56. The quantitative estimate of drug-likeness (QED) is 0.729. The number of nitrogens with one attached hydrogen (secondary N) is 2. The Morgan fingerprint density at radius 1 is 1.15 bits per heavy atom. The summed E-state index contributed by atoms with van der Waals surface area (Å²) in [5.74, 6) is 0.107. The Morgan fingerprint density at radius 3 is 2.78 bits per heavy atom. The minimum Gasteiger partial charge on any atom is -0.482 e. The Balaban J connectivity index is 1.65. The van der Waals surface area contributed by atoms with Crippen molar-refractivity contribution in [3.63, 3.8) is 0 Å². The molecule has 3 aromatic rings. The fourth-order valence-corrected chi connectivity index (χ4v) is 3.32. The molecule has 0 fully saturated rings. The number of aryl methyl sites for hydroxylation is 3. The topological polar surface area (TPSA) is 80.3 Å². The van der Waals surface area contributed by atoms with Crippen LogP contribution in [0, 0.1) is 20.8 Å². The van der Waals surface area contributed by atoms with Crippen molar-refractivity contribution in [3.8, 4) is 5.75 Å². The molecule has 2 heterocycles. The van der Waals surface area contributed by atoms with Crippen LogP contribution in [0.2, 0.25) is 0 Å². The molecule has 0 saturated heterocycles. The van der Waals surface area contributed by atoms with Gasteiger partial charge in [-0.2, -0.15) is 0 Å². The molecule has 0 bridgehead atoms. The number of hydrogen-bond donors (Lipinski definition) is 2. The molecule has 0 spiro atoms. The standard InChI is InChI=1S/C21H19N3O3/c1-11-6-12(2)20-14(7-11)8-16(13(3)22-20)21(26)23-15-4-5-17-18(9-15)27-10-19(25)24-17/h4-9H,10H2,1-3H3,(H,23,26)(H,24,25). The Hall–Kier alpha value is -3.41. The summed E-state index contributed by atoms with van der Waals surface area (Å²) in [7, 11) is 0. The van der Waals surface area contributed by atoms with E-state index in [-0.39, 0.29) is 18.4 Å². The number of hydrogen-bond acceptors (Lipinski definition) is 4. The predicted octanol–water partition coefficient (Wildman–Crippen LogP) is 3.74. The Kier molecular flexibility index (Phi) is 4.03. The van der Waals surface area contributed by atoms with Crippen molar-refractivity contribution < 1.29 is 14.3 Å². The van der Waals surface area contributed by atoms with E-state index in [1.807, 2.05) is 32.9 Å². The second-order valence-corrected chi connectivity index (χ2v) is 6.78. The summed E-state index contributed by atoms with van der Waals surface area (Å²) in [6.45, 7) is 5.85. The zero-order valence-corrected chi connectivity index (χ0v) is 15.3. The molecule has 136 valence electrons. The number of carbonyl (C=O) groups is 2. The molecule has 6 nitrogen and oxygen atoms in total. The van der Waals surface area contributed by atoms with Gasteiger partial charge in [0.2, 0.25) is 0 Å². The van der Waals surface area contributed by atoms with E-state index in [2.05, 4.69) is 21.7 Å². The number of carbonyl (C=O) groups excluding carboxylic acids is 2. The zero-order chi connectivity index (χ0) is 19.1. The number of anilines is 2. The number of nitrogens with zero attached hydrogens (tertiary/aromatic N) is 1. The van der Waals surface area contributed by atoms with Crippen molar-refractivity contribution in [1.29, 1.82) is 0 Å². The van der Waals surface area contributed by atoms with Crippen LogP contribution >= 0.6 is 0 Å². The van der Waals surface area contributed by atoms with Gasteiger partial charge in [0, 0.05) is 17.1 Å². The van der Waals surface area contributed by atoms with Gasteiger partial charge in [0.15, 0.2) is 6.61 Å². The normalized spacial score (nSPS) is 12.9. The number of benzene rings is 2. The molecule has 1 aromatic heterocycles. The van der Waals surface area contributed by atoms with Crippen LogP contribution in [0.5, 0.6) is 5.75 Å². The molecule has 0 unspecified atom stereocenters. The lowest BCUT2D eigenvalue weighted by atomic mass is 10.0. The lowest BCUT2D eigenvalue weighted by Crippen LogP contribution is -2.25. The summed E-state index contributed by atoms with van der Waals surface area (Å²) < 4.78 is 5.40. The van der Waals surface area contributed by atoms with Crippen LogP contribution in [0.25, 0.3) is 10.9 Å². The minimum atomic E-state index is -0.235. The highest BCUT2D eigenvalue weighted by Gasteiger charge is 2.18. The van der Waals surface area contributed by atoms with Crippen LogP contribution in [0.15, 0.2) is 36.4 Å². The van der Waals surface area contributed by atoms with E-state index in [0.717, 1.165) is 22.0 Å². The van der Waals surface area contributed by atoms with Gasteiger partial charge in [-0.25, -0.2) is 0 Å². The van der Waals surface area contributed by atoms with E-state index in [1.54, 1.807) is 18.2 Å². The molecular weight excluding hydrogens is 342 g/mol. The maximum Gasteiger partial charge on any atom is 0.262 e. The summed E-state index contributed by atoms with van der Waals surface area (Å²) in [5.41, 5.74) is 5.52. The van der Waals surface area contributed by atoms with Crippen LogP contribution in [0.3, 0.4) is 0 Å². The number of rotatable bonds is 2. The Labute approximate surface area is 156 Å². The molecule has 2 amide bonds. The molecule has 0 aliphatic carbocycles. The van der Waals surface area contributed by atoms with Gasteiger partial charge in [-0.1, -0.05) is 11.6 Å². The molecule has 0 atom stereocenters. The lowest BCUT2D eigenvalue weighted by Gasteiger charge is -2.18. The van der Waals surface area contributed by atoms with Crippen LogP contribution in [0.1, 0.15) is 27.2 Å². The summed E-state index contributed by atoms with van der Waals surface area (Å²) in [6.07, 6.45) is 0. The molecular formula is C21H19N3O3. The fraction of sp³-hybridized carbons (Fsp3) is 0.190. The first kappa shape index (κ1) is 17.0. The van der Waals surface area contributed by atoms with E-state index < -0.39 is 0 Å². The van der Waals surface area contributed by atoms with Gasteiger partial charge in [0.1, 0.15) is 5.75 Å². The smallest absolute Gasteiger partial charge is 0.262 e. The van der Waals surface area contributed by atoms with Gasteiger partial charge < -0.3 is 15.4 Å². The average molecular weight is 361 g/mol. The second-order valence-electron chi connectivity index (χ2n) is 6.78. The van der Waals surface area contributed by atoms with E-state index in [1.165, 1.54) is 0 Å². The number of pyridine rings is 1. The number of aromatic nitrogens is 1. The zero-order valence-electron chi connectivity index (χ0n) is 15.3. The molecule has 2 aromatic carbocycles. The van der Waals surface area contributed by atoms with E-state index in [4.69, 9.17) is 4.74 Å². The molecule has 1 aliphatic heterocycles. The van der Waals surface area contributed by atoms with Gasteiger partial charge in [-0.3, -0.25) is 14.6 Å². The summed E-state index contributed by atoms with van der Waals surface area (Å²) in [4.78, 5) is 28.8. The molecule has 6 heteroatoms. The van der Waals surface area contributed by atoms with Crippen molar-refractivity contribution in [1.82, 2.24) is 4.98 Å². The van der Waals surface area contributed by atoms with Crippen molar-refractivity contribution in [2.45, 2.75) is 20.8 Å². The maximum atomic E-state index is 12.8. The van der Waals surface area contributed by atoms with Gasteiger partial charge in [0.25, 0.3) is 11.8 Å². The number of amides is 2. The maximum absolute atomic E-state index is 12.8. The Bertz CT molecular complexity index is 1110. The molecule has 4 rings (SSSR count). The highest BCUT2D eigenvalue weighted by Crippen LogP contribution is 2.31. The molecule has 1 aliphatic rings. The van der Waals surface area contributed by atoms with Crippen LogP contribution in [-0.2, 0) is 4.79 Å². The summed E-state index contributed by atoms with van der Waals surface area (Å²) in [5, 5.41) is 6.55. The van der Waals surface area contributed by atoms with Crippen molar-refractivity contribution >= 4 is 34.1 Å². The largest absolute Gasteiger partial charge is 0.482 e. The van der Waals surface area contributed by atoms with Gasteiger partial charge in [-0.15, -0.1) is 0 Å².